The summed E-state index contributed by atoms with van der Waals surface area (Å²) < 4.78 is 5.29. The Morgan fingerprint density at radius 1 is 1.30 bits per heavy atom. The van der Waals surface area contributed by atoms with E-state index in [1.54, 1.807) is 7.11 Å². The topological polar surface area (TPSA) is 53.6 Å². The molecule has 0 radical (unpaired) electrons. The van der Waals surface area contributed by atoms with Gasteiger partial charge in [0.2, 0.25) is 0 Å². The van der Waals surface area contributed by atoms with Gasteiger partial charge in [-0.15, -0.1) is 0 Å². The molecule has 0 bridgehead atoms. The van der Waals surface area contributed by atoms with E-state index in [4.69, 9.17) is 4.74 Å². The number of nitrogens with one attached hydrogen (secondary N) is 2. The quantitative estimate of drug-likeness (QED) is 0.878. The third kappa shape index (κ3) is 4.30. The van der Waals surface area contributed by atoms with Gasteiger partial charge >= 0.3 is 6.03 Å². The first-order valence-corrected chi connectivity index (χ1v) is 8.68. The number of benzene rings is 1. The molecule has 1 aromatic carbocycles. The van der Waals surface area contributed by atoms with Crippen LogP contribution in [0.5, 0.6) is 5.75 Å². The van der Waals surface area contributed by atoms with Gasteiger partial charge in [0.1, 0.15) is 5.75 Å². The van der Waals surface area contributed by atoms with E-state index in [0.29, 0.717) is 12.0 Å². The van der Waals surface area contributed by atoms with Crippen molar-refractivity contribution in [1.29, 1.82) is 0 Å². The Morgan fingerprint density at radius 2 is 2.13 bits per heavy atom. The number of nitrogens with zero attached hydrogens (tertiary/aromatic N) is 1. The maximum absolute atomic E-state index is 11.9. The molecule has 1 saturated carbocycles. The SMILES string of the molecule is COc1cccc(N2CCC(CNC(=O)NC3CCCC3)C2)c1. The number of anilines is 1. The van der Waals surface area contributed by atoms with E-state index in [1.165, 1.54) is 18.5 Å². The molecule has 0 spiro atoms. The molecule has 0 aromatic heterocycles. The molecule has 5 nitrogen and oxygen atoms in total. The second-order valence-electron chi connectivity index (χ2n) is 6.64. The van der Waals surface area contributed by atoms with E-state index in [0.717, 1.165) is 44.6 Å². The number of amides is 2. The summed E-state index contributed by atoms with van der Waals surface area (Å²) in [6, 6.07) is 8.55. The van der Waals surface area contributed by atoms with Gasteiger partial charge < -0.3 is 20.3 Å². The van der Waals surface area contributed by atoms with Crippen LogP contribution in [-0.4, -0.2) is 38.8 Å². The van der Waals surface area contributed by atoms with Gasteiger partial charge in [-0.05, 0) is 37.3 Å². The third-order valence-electron chi connectivity index (χ3n) is 4.95. The fourth-order valence-corrected chi connectivity index (χ4v) is 3.58. The van der Waals surface area contributed by atoms with Gasteiger partial charge in [0.05, 0.1) is 7.11 Å². The van der Waals surface area contributed by atoms with Crippen molar-refractivity contribution >= 4 is 11.7 Å². The van der Waals surface area contributed by atoms with E-state index in [1.807, 2.05) is 12.1 Å². The van der Waals surface area contributed by atoms with Crippen molar-refractivity contribution < 1.29 is 9.53 Å². The molecule has 5 heteroatoms. The summed E-state index contributed by atoms with van der Waals surface area (Å²) in [6.07, 6.45) is 5.84. The summed E-state index contributed by atoms with van der Waals surface area (Å²) in [5.74, 6) is 1.40. The number of ether oxygens (including phenoxy) is 1. The van der Waals surface area contributed by atoms with Crippen LogP contribution in [0.25, 0.3) is 0 Å². The Labute approximate surface area is 138 Å². The minimum Gasteiger partial charge on any atom is -0.497 e. The normalized spacial score (nSPS) is 21.4. The first-order valence-electron chi connectivity index (χ1n) is 8.68. The summed E-state index contributed by atoms with van der Waals surface area (Å²) in [5, 5.41) is 6.13. The number of hydrogen-bond acceptors (Lipinski definition) is 3. The number of hydrogen-bond donors (Lipinski definition) is 2. The van der Waals surface area contributed by atoms with Gasteiger partial charge in [0.15, 0.2) is 0 Å². The summed E-state index contributed by atoms with van der Waals surface area (Å²) in [7, 11) is 1.69. The van der Waals surface area contributed by atoms with Crippen LogP contribution in [0.2, 0.25) is 0 Å². The molecule has 1 aliphatic carbocycles. The predicted octanol–water partition coefficient (Wildman–Crippen LogP) is 2.76. The second-order valence-corrected chi connectivity index (χ2v) is 6.64. The molecule has 2 N–H and O–H groups in total. The summed E-state index contributed by atoms with van der Waals surface area (Å²) in [4.78, 5) is 14.3. The predicted molar refractivity (Wildman–Crippen MR) is 92.1 cm³/mol. The molecule has 1 aromatic rings. The molecule has 1 saturated heterocycles. The smallest absolute Gasteiger partial charge is 0.315 e. The molecule has 1 unspecified atom stereocenters. The Bertz CT molecular complexity index is 529. The highest BCUT2D eigenvalue weighted by Gasteiger charge is 2.24. The van der Waals surface area contributed by atoms with Crippen molar-refractivity contribution in [3.63, 3.8) is 0 Å². The lowest BCUT2D eigenvalue weighted by atomic mass is 10.1. The van der Waals surface area contributed by atoms with Crippen LogP contribution in [0.15, 0.2) is 24.3 Å². The summed E-state index contributed by atoms with van der Waals surface area (Å²) in [5.41, 5.74) is 1.20. The Morgan fingerprint density at radius 3 is 2.91 bits per heavy atom. The highest BCUT2D eigenvalue weighted by Crippen LogP contribution is 2.26. The molecule has 3 rings (SSSR count). The van der Waals surface area contributed by atoms with Crippen LogP contribution >= 0.6 is 0 Å². The van der Waals surface area contributed by atoms with Crippen LogP contribution < -0.4 is 20.3 Å². The molecule has 126 valence electrons. The molecular formula is C18H27N3O2. The van der Waals surface area contributed by atoms with Crippen molar-refractivity contribution in [2.45, 2.75) is 38.1 Å². The van der Waals surface area contributed by atoms with E-state index < -0.39 is 0 Å². The lowest BCUT2D eigenvalue weighted by Crippen LogP contribution is -2.42. The van der Waals surface area contributed by atoms with Crippen molar-refractivity contribution in [1.82, 2.24) is 10.6 Å². The summed E-state index contributed by atoms with van der Waals surface area (Å²) in [6.45, 7) is 2.76. The van der Waals surface area contributed by atoms with Gasteiger partial charge in [-0.1, -0.05) is 18.9 Å². The zero-order chi connectivity index (χ0) is 16.1. The van der Waals surface area contributed by atoms with Crippen molar-refractivity contribution in [2.75, 3.05) is 31.6 Å². The monoisotopic (exact) mass is 317 g/mol. The third-order valence-corrected chi connectivity index (χ3v) is 4.95. The Kier molecular flexibility index (Phi) is 5.26. The van der Waals surface area contributed by atoms with Crippen LogP contribution in [0.3, 0.4) is 0 Å². The second kappa shape index (κ2) is 7.57. The molecular weight excluding hydrogens is 290 g/mol. The van der Waals surface area contributed by atoms with E-state index >= 15 is 0 Å². The highest BCUT2D eigenvalue weighted by molar-refractivity contribution is 5.74. The van der Waals surface area contributed by atoms with Crippen LogP contribution in [-0.2, 0) is 0 Å². The highest BCUT2D eigenvalue weighted by atomic mass is 16.5. The molecule has 1 atom stereocenters. The van der Waals surface area contributed by atoms with Gasteiger partial charge in [0.25, 0.3) is 0 Å². The molecule has 2 fully saturated rings. The van der Waals surface area contributed by atoms with Crippen molar-refractivity contribution in [3.05, 3.63) is 24.3 Å². The minimum atomic E-state index is -0.00303. The Hall–Kier alpha value is -1.91. The van der Waals surface area contributed by atoms with Crippen LogP contribution in [0.1, 0.15) is 32.1 Å². The largest absolute Gasteiger partial charge is 0.497 e. The zero-order valence-corrected chi connectivity index (χ0v) is 13.9. The molecule has 1 heterocycles. The fraction of sp³-hybridized carbons (Fsp3) is 0.611. The average molecular weight is 317 g/mol. The van der Waals surface area contributed by atoms with Crippen LogP contribution in [0.4, 0.5) is 10.5 Å². The zero-order valence-electron chi connectivity index (χ0n) is 13.9. The lowest BCUT2D eigenvalue weighted by Gasteiger charge is -2.20. The average Bonchev–Trinajstić information content (AvgIpc) is 3.24. The standard InChI is InChI=1S/C18H27N3O2/c1-23-17-8-4-7-16(11-17)21-10-9-14(13-21)12-19-18(22)20-15-5-2-3-6-15/h4,7-8,11,14-15H,2-3,5-6,9-10,12-13H2,1H3,(H2,19,20,22). The van der Waals surface area contributed by atoms with Crippen molar-refractivity contribution in [3.8, 4) is 5.75 Å². The van der Waals surface area contributed by atoms with Crippen molar-refractivity contribution in [2.24, 2.45) is 5.92 Å². The van der Waals surface area contributed by atoms with E-state index in [9.17, 15) is 4.79 Å². The first kappa shape index (κ1) is 16.0. The number of methoxy groups -OCH3 is 1. The van der Waals surface area contributed by atoms with Gasteiger partial charge in [0, 0.05) is 37.4 Å². The molecule has 2 amide bonds. The van der Waals surface area contributed by atoms with Gasteiger partial charge in [-0.3, -0.25) is 0 Å². The maximum atomic E-state index is 11.9. The van der Waals surface area contributed by atoms with Gasteiger partial charge in [-0.25, -0.2) is 4.79 Å². The fourth-order valence-electron chi connectivity index (χ4n) is 3.58. The van der Waals surface area contributed by atoms with Crippen LogP contribution in [0, 0.1) is 5.92 Å². The Balaban J connectivity index is 1.43. The first-order chi connectivity index (χ1) is 11.2. The van der Waals surface area contributed by atoms with E-state index in [2.05, 4.69) is 27.7 Å². The lowest BCUT2D eigenvalue weighted by molar-refractivity contribution is 0.235. The molecule has 1 aliphatic heterocycles. The number of carbonyl (C=O) groups excluding carboxylic acids is 1. The molecule has 23 heavy (non-hydrogen) atoms. The molecule has 2 aliphatic rings. The number of carbonyl (C=O) groups is 1. The van der Waals surface area contributed by atoms with Gasteiger partial charge in [-0.2, -0.15) is 0 Å². The number of urea groups is 1. The number of rotatable bonds is 5. The minimum absolute atomic E-state index is 0.00303. The maximum Gasteiger partial charge on any atom is 0.315 e. The summed E-state index contributed by atoms with van der Waals surface area (Å²) >= 11 is 0. The van der Waals surface area contributed by atoms with E-state index in [-0.39, 0.29) is 6.03 Å².